The number of furan rings is 2. The molecule has 0 fully saturated rings. The molecule has 0 unspecified atom stereocenters. The highest BCUT2D eigenvalue weighted by Gasteiger charge is 2.45. The fourth-order valence-electron chi connectivity index (χ4n) is 10.5. The predicted octanol–water partition coefficient (Wildman–Crippen LogP) is 16.7. The van der Waals surface area contributed by atoms with E-state index in [9.17, 15) is 0 Å². The quantitative estimate of drug-likeness (QED) is 0.160. The summed E-state index contributed by atoms with van der Waals surface area (Å²) in [5.41, 5.74) is 18.3. The summed E-state index contributed by atoms with van der Waals surface area (Å²) in [6.45, 7) is 0. The van der Waals surface area contributed by atoms with E-state index in [1.54, 1.807) is 0 Å². The number of anilines is 3. The summed E-state index contributed by atoms with van der Waals surface area (Å²) in [5.74, 6) is 0. The van der Waals surface area contributed by atoms with Gasteiger partial charge in [-0.1, -0.05) is 176 Å². The molecule has 0 amide bonds. The highest BCUT2D eigenvalue weighted by molar-refractivity contribution is 6.10. The molecule has 0 saturated heterocycles. The predicted molar refractivity (Wildman–Crippen MR) is 264 cm³/mol. The van der Waals surface area contributed by atoms with Crippen LogP contribution in [0.2, 0.25) is 0 Å². The van der Waals surface area contributed by atoms with Crippen LogP contribution in [0.4, 0.5) is 17.1 Å². The molecule has 2 aromatic heterocycles. The first-order chi connectivity index (χ1) is 31.7. The van der Waals surface area contributed by atoms with Gasteiger partial charge in [-0.2, -0.15) is 0 Å². The number of para-hydroxylation sites is 3. The molecule has 10 aromatic carbocycles. The fraction of sp³-hybridized carbons (Fsp3) is 0.0164. The normalized spacial score (nSPS) is 12.8. The van der Waals surface area contributed by atoms with Gasteiger partial charge in [0.05, 0.1) is 5.41 Å². The van der Waals surface area contributed by atoms with E-state index < -0.39 is 5.41 Å². The summed E-state index contributed by atoms with van der Waals surface area (Å²) in [6, 6.07) is 85.3. The molecule has 13 rings (SSSR count). The molecule has 2 heterocycles. The SMILES string of the molecule is c1ccc(C2(c3ccc(N(c4ccc(-c5ccc6oc7ccccc7c6c5)cc4)c4cccc(-c5cccc6c5oc5ccccc56)c4)cc3)c3ccccc3-c3ccccc32)cc1. The van der Waals surface area contributed by atoms with Gasteiger partial charge in [0, 0.05) is 44.2 Å². The Bertz CT molecular complexity index is 3680. The van der Waals surface area contributed by atoms with Gasteiger partial charge in [-0.15, -0.1) is 0 Å². The molecule has 3 heteroatoms. The van der Waals surface area contributed by atoms with Gasteiger partial charge in [0.25, 0.3) is 0 Å². The van der Waals surface area contributed by atoms with Crippen molar-refractivity contribution in [2.45, 2.75) is 5.41 Å². The molecule has 3 nitrogen and oxygen atoms in total. The molecule has 0 saturated carbocycles. The van der Waals surface area contributed by atoms with Gasteiger partial charge in [0.2, 0.25) is 0 Å². The minimum atomic E-state index is -0.480. The lowest BCUT2D eigenvalue weighted by Crippen LogP contribution is -2.28. The largest absolute Gasteiger partial charge is 0.456 e. The van der Waals surface area contributed by atoms with Gasteiger partial charge < -0.3 is 13.7 Å². The first-order valence-corrected chi connectivity index (χ1v) is 21.9. The molecular weight excluding hydrogens is 779 g/mol. The molecule has 300 valence electrons. The topological polar surface area (TPSA) is 29.5 Å². The second-order valence-corrected chi connectivity index (χ2v) is 16.8. The van der Waals surface area contributed by atoms with Crippen LogP contribution in [-0.4, -0.2) is 0 Å². The van der Waals surface area contributed by atoms with Crippen molar-refractivity contribution in [3.63, 3.8) is 0 Å². The smallest absolute Gasteiger partial charge is 0.143 e. The average Bonchev–Trinajstić information content (AvgIpc) is 4.03. The van der Waals surface area contributed by atoms with Crippen LogP contribution in [0.5, 0.6) is 0 Å². The van der Waals surface area contributed by atoms with E-state index in [0.717, 1.165) is 83.2 Å². The number of hydrogen-bond acceptors (Lipinski definition) is 3. The molecule has 0 atom stereocenters. The van der Waals surface area contributed by atoms with Gasteiger partial charge in [0.15, 0.2) is 0 Å². The van der Waals surface area contributed by atoms with Crippen LogP contribution in [0.25, 0.3) is 77.3 Å². The summed E-state index contributed by atoms with van der Waals surface area (Å²) in [7, 11) is 0. The molecule has 0 aliphatic heterocycles. The van der Waals surface area contributed by atoms with E-state index in [2.05, 4.69) is 217 Å². The standard InChI is InChI=1S/C61H39NO2/c1-2-15-43(16-3-1)61(55-24-8-4-18-49(55)50-19-5-9-25-56(50)61)44-31-35-46(36-32-44)62(45-33-28-40(29-34-45)41-30-37-59-54(39-41)52-21-7-10-26-57(52)63-59)47-17-12-14-42(38-47)48-22-13-23-53-51-20-6-11-27-58(51)64-60(48)53/h1-39H. The van der Waals surface area contributed by atoms with Crippen LogP contribution in [-0.2, 0) is 5.41 Å². The van der Waals surface area contributed by atoms with Crippen LogP contribution < -0.4 is 4.90 Å². The van der Waals surface area contributed by atoms with Crippen molar-refractivity contribution in [2.24, 2.45) is 0 Å². The average molecular weight is 818 g/mol. The lowest BCUT2D eigenvalue weighted by molar-refractivity contribution is 0.669. The molecule has 0 N–H and O–H groups in total. The Morgan fingerprint density at radius 2 is 0.828 bits per heavy atom. The van der Waals surface area contributed by atoms with E-state index in [1.807, 2.05) is 24.3 Å². The maximum Gasteiger partial charge on any atom is 0.143 e. The Kier molecular flexibility index (Phi) is 8.13. The molecule has 0 bridgehead atoms. The Balaban J connectivity index is 0.964. The lowest BCUT2D eigenvalue weighted by Gasteiger charge is -2.34. The van der Waals surface area contributed by atoms with Crippen molar-refractivity contribution in [3.8, 4) is 33.4 Å². The van der Waals surface area contributed by atoms with Crippen LogP contribution in [0.15, 0.2) is 245 Å². The number of rotatable bonds is 7. The van der Waals surface area contributed by atoms with Crippen molar-refractivity contribution in [3.05, 3.63) is 259 Å². The maximum absolute atomic E-state index is 6.55. The van der Waals surface area contributed by atoms with Gasteiger partial charge in [0.1, 0.15) is 22.3 Å². The van der Waals surface area contributed by atoms with E-state index >= 15 is 0 Å². The molecule has 12 aromatic rings. The summed E-state index contributed by atoms with van der Waals surface area (Å²) in [5, 5.41) is 4.49. The summed E-state index contributed by atoms with van der Waals surface area (Å²) >= 11 is 0. The van der Waals surface area contributed by atoms with Gasteiger partial charge in [-0.3, -0.25) is 0 Å². The van der Waals surface area contributed by atoms with Crippen molar-refractivity contribution in [2.75, 3.05) is 4.90 Å². The van der Waals surface area contributed by atoms with Gasteiger partial charge >= 0.3 is 0 Å². The Hall–Kier alpha value is -8.40. The zero-order valence-electron chi connectivity index (χ0n) is 34.8. The minimum Gasteiger partial charge on any atom is -0.456 e. The van der Waals surface area contributed by atoms with E-state index in [4.69, 9.17) is 8.83 Å². The van der Waals surface area contributed by atoms with Crippen molar-refractivity contribution < 1.29 is 8.83 Å². The zero-order valence-corrected chi connectivity index (χ0v) is 34.8. The van der Waals surface area contributed by atoms with Crippen molar-refractivity contribution in [1.29, 1.82) is 0 Å². The third kappa shape index (κ3) is 5.47. The first kappa shape index (κ1) is 36.3. The third-order valence-electron chi connectivity index (χ3n) is 13.4. The Labute approximate surface area is 370 Å². The Morgan fingerprint density at radius 1 is 0.297 bits per heavy atom. The van der Waals surface area contributed by atoms with E-state index in [1.165, 1.54) is 33.4 Å². The number of nitrogens with zero attached hydrogens (tertiary/aromatic N) is 1. The van der Waals surface area contributed by atoms with Crippen LogP contribution in [0, 0.1) is 0 Å². The van der Waals surface area contributed by atoms with Crippen molar-refractivity contribution >= 4 is 60.9 Å². The fourth-order valence-corrected chi connectivity index (χ4v) is 10.5. The second-order valence-electron chi connectivity index (χ2n) is 16.8. The first-order valence-electron chi connectivity index (χ1n) is 21.9. The second kappa shape index (κ2) is 14.3. The van der Waals surface area contributed by atoms with Gasteiger partial charge in [-0.25, -0.2) is 0 Å². The number of fused-ring (bicyclic) bond motifs is 9. The van der Waals surface area contributed by atoms with Gasteiger partial charge in [-0.05, 0) is 111 Å². The number of hydrogen-bond donors (Lipinski definition) is 0. The zero-order chi connectivity index (χ0) is 42.2. The molecular formula is C61H39NO2. The molecule has 1 aliphatic rings. The van der Waals surface area contributed by atoms with Crippen LogP contribution in [0.3, 0.4) is 0 Å². The minimum absolute atomic E-state index is 0.480. The molecule has 0 radical (unpaired) electrons. The molecule has 0 spiro atoms. The maximum atomic E-state index is 6.55. The molecule has 64 heavy (non-hydrogen) atoms. The highest BCUT2D eigenvalue weighted by atomic mass is 16.3. The lowest BCUT2D eigenvalue weighted by atomic mass is 9.68. The Morgan fingerprint density at radius 3 is 1.56 bits per heavy atom. The third-order valence-corrected chi connectivity index (χ3v) is 13.4. The summed E-state index contributed by atoms with van der Waals surface area (Å²) in [4.78, 5) is 2.37. The summed E-state index contributed by atoms with van der Waals surface area (Å²) in [6.07, 6.45) is 0. The summed E-state index contributed by atoms with van der Waals surface area (Å²) < 4.78 is 12.7. The molecule has 1 aliphatic carbocycles. The van der Waals surface area contributed by atoms with Crippen LogP contribution >= 0.6 is 0 Å². The van der Waals surface area contributed by atoms with Crippen molar-refractivity contribution in [1.82, 2.24) is 0 Å². The van der Waals surface area contributed by atoms with Crippen LogP contribution in [0.1, 0.15) is 22.3 Å². The highest BCUT2D eigenvalue weighted by Crippen LogP contribution is 2.56. The number of benzene rings is 10. The monoisotopic (exact) mass is 817 g/mol. The van der Waals surface area contributed by atoms with E-state index in [-0.39, 0.29) is 0 Å². The van der Waals surface area contributed by atoms with E-state index in [0.29, 0.717) is 0 Å².